The molecule has 0 aliphatic carbocycles. The molecule has 2 amide bonds. The lowest BCUT2D eigenvalue weighted by Gasteiger charge is -2.23. The third kappa shape index (κ3) is 5.23. The summed E-state index contributed by atoms with van der Waals surface area (Å²) in [6.07, 6.45) is 1.60. The standard InChI is InChI=1S/C28H25FN4O2S/c1-2-18-8-10-20(11-9-18)24-16-23(19-6-4-3-5-7-19)32-33(24)28-31-27(35)25(36-28)17-26(34)30-22-14-12-21(29)13-15-22/h3-15,24-25H,2,16-17H2,1H3,(H,30,34). The highest BCUT2D eigenvalue weighted by molar-refractivity contribution is 8.15. The maximum absolute atomic E-state index is 13.1. The predicted molar refractivity (Wildman–Crippen MR) is 141 cm³/mol. The number of hydrogen-bond acceptors (Lipinski definition) is 5. The van der Waals surface area contributed by atoms with Crippen LogP contribution < -0.4 is 5.32 Å². The Morgan fingerprint density at radius 1 is 1.06 bits per heavy atom. The van der Waals surface area contributed by atoms with Gasteiger partial charge in [-0.1, -0.05) is 73.3 Å². The van der Waals surface area contributed by atoms with Crippen LogP contribution in [0.4, 0.5) is 10.1 Å². The maximum atomic E-state index is 13.1. The number of amidine groups is 1. The van der Waals surface area contributed by atoms with Crippen LogP contribution in [0.1, 0.15) is 42.5 Å². The van der Waals surface area contributed by atoms with Crippen molar-refractivity contribution in [2.75, 3.05) is 5.32 Å². The van der Waals surface area contributed by atoms with Gasteiger partial charge in [-0.3, -0.25) is 9.59 Å². The summed E-state index contributed by atoms with van der Waals surface area (Å²) >= 11 is 1.26. The molecule has 6 nitrogen and oxygen atoms in total. The Morgan fingerprint density at radius 3 is 2.47 bits per heavy atom. The van der Waals surface area contributed by atoms with Gasteiger partial charge >= 0.3 is 0 Å². The first kappa shape index (κ1) is 23.9. The zero-order valence-corrected chi connectivity index (χ0v) is 20.5. The molecule has 0 bridgehead atoms. The zero-order valence-electron chi connectivity index (χ0n) is 19.7. The molecule has 0 aromatic heterocycles. The van der Waals surface area contributed by atoms with Crippen LogP contribution in [-0.2, 0) is 16.0 Å². The number of nitrogens with zero attached hydrogens (tertiary/aromatic N) is 3. The fourth-order valence-electron chi connectivity index (χ4n) is 4.25. The molecule has 3 aromatic rings. The molecule has 0 saturated heterocycles. The summed E-state index contributed by atoms with van der Waals surface area (Å²) in [5.41, 5.74) is 4.77. The first-order valence-corrected chi connectivity index (χ1v) is 12.7. The van der Waals surface area contributed by atoms with Crippen molar-refractivity contribution in [1.29, 1.82) is 0 Å². The molecule has 0 spiro atoms. The normalized spacial score (nSPS) is 19.3. The van der Waals surface area contributed by atoms with Crippen molar-refractivity contribution < 1.29 is 14.0 Å². The molecular formula is C28H25FN4O2S. The molecule has 0 saturated carbocycles. The van der Waals surface area contributed by atoms with Crippen molar-refractivity contribution in [3.05, 3.63) is 101 Å². The van der Waals surface area contributed by atoms with Crippen LogP contribution in [0.15, 0.2) is 89.0 Å². The third-order valence-corrected chi connectivity index (χ3v) is 7.36. The van der Waals surface area contributed by atoms with Crippen LogP contribution in [0.2, 0.25) is 0 Å². The van der Waals surface area contributed by atoms with E-state index in [9.17, 15) is 14.0 Å². The number of thioether (sulfide) groups is 1. The SMILES string of the molecule is CCc1ccc(C2CC(c3ccccc3)=NN2C2=NC(=O)C(CC(=O)Nc3ccc(F)cc3)S2)cc1. The molecular weight excluding hydrogens is 475 g/mol. The first-order valence-electron chi connectivity index (χ1n) is 11.9. The van der Waals surface area contributed by atoms with Gasteiger partial charge in [0.15, 0.2) is 5.17 Å². The smallest absolute Gasteiger partial charge is 0.262 e. The number of hydrogen-bond donors (Lipinski definition) is 1. The van der Waals surface area contributed by atoms with Crippen molar-refractivity contribution in [2.24, 2.45) is 10.1 Å². The number of benzene rings is 3. The van der Waals surface area contributed by atoms with E-state index in [2.05, 4.69) is 41.5 Å². The van der Waals surface area contributed by atoms with Crippen LogP contribution in [0.5, 0.6) is 0 Å². The van der Waals surface area contributed by atoms with E-state index in [0.717, 1.165) is 23.3 Å². The number of rotatable bonds is 6. The van der Waals surface area contributed by atoms with Gasteiger partial charge in [-0.05, 0) is 47.4 Å². The van der Waals surface area contributed by atoms with E-state index in [0.29, 0.717) is 17.3 Å². The van der Waals surface area contributed by atoms with Gasteiger partial charge in [-0.2, -0.15) is 10.1 Å². The Kier molecular flexibility index (Phi) is 6.95. The monoisotopic (exact) mass is 500 g/mol. The highest BCUT2D eigenvalue weighted by Gasteiger charge is 2.39. The van der Waals surface area contributed by atoms with Gasteiger partial charge in [0.25, 0.3) is 5.91 Å². The van der Waals surface area contributed by atoms with Crippen molar-refractivity contribution in [3.8, 4) is 0 Å². The molecule has 2 aliphatic rings. The number of aliphatic imine (C=N–C) groups is 1. The van der Waals surface area contributed by atoms with Crippen LogP contribution in [0, 0.1) is 5.82 Å². The molecule has 5 rings (SSSR count). The van der Waals surface area contributed by atoms with Gasteiger partial charge in [0.2, 0.25) is 5.91 Å². The number of amides is 2. The Balaban J connectivity index is 1.34. The minimum atomic E-state index is -0.639. The molecule has 2 atom stereocenters. The zero-order chi connectivity index (χ0) is 25.1. The summed E-state index contributed by atoms with van der Waals surface area (Å²) in [7, 11) is 0. The predicted octanol–water partition coefficient (Wildman–Crippen LogP) is 5.57. The van der Waals surface area contributed by atoms with Crippen LogP contribution in [0.3, 0.4) is 0 Å². The van der Waals surface area contributed by atoms with E-state index in [1.807, 2.05) is 35.3 Å². The molecule has 2 aliphatic heterocycles. The van der Waals surface area contributed by atoms with Gasteiger partial charge in [-0.25, -0.2) is 9.40 Å². The maximum Gasteiger partial charge on any atom is 0.262 e. The lowest BCUT2D eigenvalue weighted by molar-refractivity contribution is -0.121. The highest BCUT2D eigenvalue weighted by Crippen LogP contribution is 2.38. The minimum Gasteiger partial charge on any atom is -0.326 e. The summed E-state index contributed by atoms with van der Waals surface area (Å²) in [4.78, 5) is 29.6. The number of carbonyl (C=O) groups excluding carboxylic acids is 2. The van der Waals surface area contributed by atoms with Crippen molar-refractivity contribution in [1.82, 2.24) is 5.01 Å². The number of nitrogens with one attached hydrogen (secondary N) is 1. The lowest BCUT2D eigenvalue weighted by atomic mass is 9.97. The second kappa shape index (κ2) is 10.5. The second-order valence-electron chi connectivity index (χ2n) is 8.67. The van der Waals surface area contributed by atoms with Crippen LogP contribution >= 0.6 is 11.8 Å². The number of carbonyl (C=O) groups is 2. The topological polar surface area (TPSA) is 74.1 Å². The summed E-state index contributed by atoms with van der Waals surface area (Å²) < 4.78 is 13.1. The van der Waals surface area contributed by atoms with Crippen LogP contribution in [-0.4, -0.2) is 33.0 Å². The molecule has 0 fully saturated rings. The van der Waals surface area contributed by atoms with Gasteiger partial charge in [-0.15, -0.1) is 0 Å². The van der Waals surface area contributed by atoms with Gasteiger partial charge < -0.3 is 5.32 Å². The Bertz CT molecular complexity index is 1320. The fraction of sp³-hybridized carbons (Fsp3) is 0.214. The molecule has 182 valence electrons. The number of hydrazone groups is 1. The van der Waals surface area contributed by atoms with Gasteiger partial charge in [0, 0.05) is 18.5 Å². The average molecular weight is 501 g/mol. The first-order chi connectivity index (χ1) is 17.5. The summed E-state index contributed by atoms with van der Waals surface area (Å²) in [5, 5.41) is 9.27. The Labute approximate surface area is 213 Å². The van der Waals surface area contributed by atoms with E-state index in [1.165, 1.54) is 41.6 Å². The quantitative estimate of drug-likeness (QED) is 0.481. The molecule has 0 radical (unpaired) electrons. The van der Waals surface area contributed by atoms with Gasteiger partial charge in [0.05, 0.1) is 11.8 Å². The fourth-order valence-corrected chi connectivity index (χ4v) is 5.31. The molecule has 36 heavy (non-hydrogen) atoms. The van der Waals surface area contributed by atoms with Gasteiger partial charge in [0.1, 0.15) is 11.1 Å². The molecule has 3 aromatic carbocycles. The van der Waals surface area contributed by atoms with E-state index in [1.54, 1.807) is 0 Å². The molecule has 8 heteroatoms. The second-order valence-corrected chi connectivity index (χ2v) is 9.84. The van der Waals surface area contributed by atoms with Crippen molar-refractivity contribution >= 4 is 40.1 Å². The van der Waals surface area contributed by atoms with Crippen molar-refractivity contribution in [2.45, 2.75) is 37.5 Å². The molecule has 2 heterocycles. The molecule has 2 unspecified atom stereocenters. The number of halogens is 1. The number of anilines is 1. The largest absolute Gasteiger partial charge is 0.326 e. The van der Waals surface area contributed by atoms with E-state index in [-0.39, 0.29) is 30.1 Å². The minimum absolute atomic E-state index is 0.0349. The van der Waals surface area contributed by atoms with E-state index >= 15 is 0 Å². The average Bonchev–Trinajstić information content (AvgIpc) is 3.50. The summed E-state index contributed by atoms with van der Waals surface area (Å²) in [6, 6.07) is 23.8. The van der Waals surface area contributed by atoms with E-state index < -0.39 is 5.25 Å². The van der Waals surface area contributed by atoms with E-state index in [4.69, 9.17) is 5.10 Å². The molecule has 1 N–H and O–H groups in total. The van der Waals surface area contributed by atoms with Crippen molar-refractivity contribution in [3.63, 3.8) is 0 Å². The summed E-state index contributed by atoms with van der Waals surface area (Å²) in [6.45, 7) is 2.12. The third-order valence-electron chi connectivity index (χ3n) is 6.21. The number of aryl methyl sites for hydroxylation is 1. The Morgan fingerprint density at radius 2 is 1.78 bits per heavy atom. The highest BCUT2D eigenvalue weighted by atomic mass is 32.2. The van der Waals surface area contributed by atoms with Crippen LogP contribution in [0.25, 0.3) is 0 Å². The lowest BCUT2D eigenvalue weighted by Crippen LogP contribution is -2.25. The summed E-state index contributed by atoms with van der Waals surface area (Å²) in [5.74, 6) is -1.06. The Hall–Kier alpha value is -3.78.